The number of aliphatic hydroxyl groups excluding tert-OH is 1. The molecule has 0 bridgehead atoms. The number of hydrogen-bond acceptors (Lipinski definition) is 15. The van der Waals surface area contributed by atoms with Gasteiger partial charge in [0.05, 0.1) is 26.4 Å². The van der Waals surface area contributed by atoms with E-state index in [2.05, 4.69) is 55.4 Å². The second-order valence-electron chi connectivity index (χ2n) is 29.7. The first-order valence-corrected chi connectivity index (χ1v) is 43.8. The van der Waals surface area contributed by atoms with Gasteiger partial charge in [0.2, 0.25) is 0 Å². The van der Waals surface area contributed by atoms with Gasteiger partial charge in [-0.3, -0.25) is 37.3 Å². The first-order valence-electron chi connectivity index (χ1n) is 40.8. The number of esters is 4. The van der Waals surface area contributed by atoms with Gasteiger partial charge in [0.25, 0.3) is 0 Å². The van der Waals surface area contributed by atoms with Gasteiger partial charge in [0, 0.05) is 25.7 Å². The standard InChI is InChI=1S/C79H154O17P2/c1-9-70(6)56-48-40-32-24-20-18-16-14-12-13-15-17-19-21-26-35-43-51-59-76(81)89-65-74(96-79(84)62-54-46-37-29-28-34-42-50-58-72(8)11-3)67-93-97(85,86)91-63-73(80)64-92-98(87,88)94-68-75(66-90-77(82)60-52-44-38-30-31-39-47-55-69(4)5)95-78(83)61-53-45-36-27-23-22-25-33-41-49-57-71(7)10-2/h69-75,80H,9-68H2,1-8H3,(H,85,86)(H,87,88)/t70?,71?,72?,73?,74-,75-/m1/s1. The third-order valence-corrected chi connectivity index (χ3v) is 21.3. The highest BCUT2D eigenvalue weighted by atomic mass is 31.2. The monoisotopic (exact) mass is 1440 g/mol. The lowest BCUT2D eigenvalue weighted by Gasteiger charge is -2.21. The van der Waals surface area contributed by atoms with Gasteiger partial charge in [0.1, 0.15) is 19.3 Å². The van der Waals surface area contributed by atoms with Crippen LogP contribution in [0.25, 0.3) is 0 Å². The second kappa shape index (κ2) is 68.2. The van der Waals surface area contributed by atoms with E-state index in [9.17, 15) is 43.2 Å². The minimum Gasteiger partial charge on any atom is -0.462 e. The van der Waals surface area contributed by atoms with Crippen LogP contribution in [0.1, 0.15) is 402 Å². The molecule has 17 nitrogen and oxygen atoms in total. The van der Waals surface area contributed by atoms with Gasteiger partial charge < -0.3 is 33.8 Å². The van der Waals surface area contributed by atoms with Crippen molar-refractivity contribution in [3.8, 4) is 0 Å². The molecule has 0 aromatic carbocycles. The fourth-order valence-electron chi connectivity index (χ4n) is 12.0. The predicted molar refractivity (Wildman–Crippen MR) is 400 cm³/mol. The molecule has 3 N–H and O–H groups in total. The maximum Gasteiger partial charge on any atom is 0.472 e. The zero-order chi connectivity index (χ0) is 72.4. The molecule has 0 saturated heterocycles. The van der Waals surface area contributed by atoms with E-state index in [0.717, 1.165) is 114 Å². The van der Waals surface area contributed by atoms with E-state index in [1.54, 1.807) is 0 Å². The molecule has 0 aliphatic heterocycles. The summed E-state index contributed by atoms with van der Waals surface area (Å²) in [4.78, 5) is 72.9. The largest absolute Gasteiger partial charge is 0.472 e. The Kier molecular flexibility index (Phi) is 66.8. The highest BCUT2D eigenvalue weighted by molar-refractivity contribution is 7.47. The van der Waals surface area contributed by atoms with Crippen molar-refractivity contribution in [3.05, 3.63) is 0 Å². The lowest BCUT2D eigenvalue weighted by Crippen LogP contribution is -2.30. The van der Waals surface area contributed by atoms with Gasteiger partial charge in [-0.05, 0) is 49.4 Å². The highest BCUT2D eigenvalue weighted by Crippen LogP contribution is 2.45. The Balaban J connectivity index is 5.18. The van der Waals surface area contributed by atoms with E-state index in [1.807, 2.05) is 0 Å². The smallest absolute Gasteiger partial charge is 0.462 e. The van der Waals surface area contributed by atoms with Crippen molar-refractivity contribution in [2.24, 2.45) is 23.7 Å². The van der Waals surface area contributed by atoms with E-state index in [1.165, 1.54) is 199 Å². The average Bonchev–Trinajstić information content (AvgIpc) is 1.12. The molecule has 0 saturated carbocycles. The molecular formula is C79H154O17P2. The molecule has 0 radical (unpaired) electrons. The molecular weight excluding hydrogens is 1280 g/mol. The molecule has 0 aliphatic carbocycles. The number of rotatable bonds is 76. The summed E-state index contributed by atoms with van der Waals surface area (Å²) in [7, 11) is -9.92. The summed E-state index contributed by atoms with van der Waals surface area (Å²) in [6.07, 6.45) is 54.2. The van der Waals surface area contributed by atoms with E-state index in [4.69, 9.17) is 37.0 Å². The molecule has 0 spiro atoms. The summed E-state index contributed by atoms with van der Waals surface area (Å²) in [5, 5.41) is 10.6. The van der Waals surface area contributed by atoms with Gasteiger partial charge in [-0.25, -0.2) is 9.13 Å². The number of hydrogen-bond donors (Lipinski definition) is 3. The molecule has 0 fully saturated rings. The number of phosphoric acid groups is 2. The Morgan fingerprint density at radius 1 is 0.286 bits per heavy atom. The summed E-state index contributed by atoms with van der Waals surface area (Å²) in [5.41, 5.74) is 0. The van der Waals surface area contributed by atoms with Crippen LogP contribution in [0.15, 0.2) is 0 Å². The van der Waals surface area contributed by atoms with Crippen LogP contribution in [0.5, 0.6) is 0 Å². The van der Waals surface area contributed by atoms with Crippen LogP contribution in [0.2, 0.25) is 0 Å². The summed E-state index contributed by atoms with van der Waals surface area (Å²) >= 11 is 0. The van der Waals surface area contributed by atoms with E-state index in [-0.39, 0.29) is 25.7 Å². The van der Waals surface area contributed by atoms with Crippen molar-refractivity contribution in [1.82, 2.24) is 0 Å². The van der Waals surface area contributed by atoms with Gasteiger partial charge in [-0.2, -0.15) is 0 Å². The van der Waals surface area contributed by atoms with Gasteiger partial charge in [-0.15, -0.1) is 0 Å². The van der Waals surface area contributed by atoms with Crippen LogP contribution in [-0.4, -0.2) is 96.7 Å². The van der Waals surface area contributed by atoms with E-state index >= 15 is 0 Å². The lowest BCUT2D eigenvalue weighted by atomic mass is 9.99. The van der Waals surface area contributed by atoms with Crippen LogP contribution in [0.4, 0.5) is 0 Å². The zero-order valence-electron chi connectivity index (χ0n) is 64.4. The van der Waals surface area contributed by atoms with Crippen molar-refractivity contribution >= 4 is 39.5 Å². The highest BCUT2D eigenvalue weighted by Gasteiger charge is 2.30. The van der Waals surface area contributed by atoms with Gasteiger partial charge in [0.15, 0.2) is 12.2 Å². The van der Waals surface area contributed by atoms with Gasteiger partial charge >= 0.3 is 39.5 Å². The molecule has 0 aromatic heterocycles. The molecule has 8 atom stereocenters. The summed E-state index contributed by atoms with van der Waals surface area (Å²) in [6, 6.07) is 0. The molecule has 0 rings (SSSR count). The number of carbonyl (C=O) groups is 4. The molecule has 98 heavy (non-hydrogen) atoms. The van der Waals surface area contributed by atoms with Crippen molar-refractivity contribution in [3.63, 3.8) is 0 Å². The maximum atomic E-state index is 13.1. The van der Waals surface area contributed by atoms with Gasteiger partial charge in [-0.1, -0.05) is 351 Å². The Morgan fingerprint density at radius 3 is 0.724 bits per heavy atom. The fourth-order valence-corrected chi connectivity index (χ4v) is 13.6. The quantitative estimate of drug-likeness (QED) is 0.0222. The number of ether oxygens (including phenoxy) is 4. The van der Waals surface area contributed by atoms with Crippen LogP contribution in [0.3, 0.4) is 0 Å². The Labute approximate surface area is 600 Å². The molecule has 0 aromatic rings. The predicted octanol–water partition coefficient (Wildman–Crippen LogP) is 23.2. The van der Waals surface area contributed by atoms with Crippen molar-refractivity contribution in [2.75, 3.05) is 39.6 Å². The molecule has 0 heterocycles. The number of aliphatic hydroxyl groups is 1. The maximum absolute atomic E-state index is 13.1. The van der Waals surface area contributed by atoms with E-state index in [0.29, 0.717) is 31.6 Å². The van der Waals surface area contributed by atoms with Crippen molar-refractivity contribution in [2.45, 2.75) is 420 Å². The molecule has 582 valence electrons. The number of unbranched alkanes of at least 4 members (excludes halogenated alkanes) is 39. The van der Waals surface area contributed by atoms with Crippen molar-refractivity contribution in [1.29, 1.82) is 0 Å². The second-order valence-corrected chi connectivity index (χ2v) is 32.6. The first-order chi connectivity index (χ1) is 47.2. The third kappa shape index (κ3) is 68.5. The van der Waals surface area contributed by atoms with Crippen LogP contribution < -0.4 is 0 Å². The summed E-state index contributed by atoms with van der Waals surface area (Å²) in [5.74, 6) is 1.03. The number of phosphoric ester groups is 2. The molecule has 0 aliphatic rings. The zero-order valence-corrected chi connectivity index (χ0v) is 66.2. The molecule has 19 heteroatoms. The van der Waals surface area contributed by atoms with Crippen LogP contribution in [0, 0.1) is 23.7 Å². The van der Waals surface area contributed by atoms with Crippen LogP contribution >= 0.6 is 15.6 Å². The third-order valence-electron chi connectivity index (χ3n) is 19.4. The number of carbonyl (C=O) groups excluding carboxylic acids is 4. The molecule has 6 unspecified atom stereocenters. The van der Waals surface area contributed by atoms with Crippen LogP contribution in [-0.2, 0) is 65.4 Å². The minimum absolute atomic E-state index is 0.105. The average molecular weight is 1440 g/mol. The fraction of sp³-hybridized carbons (Fsp3) is 0.949. The summed E-state index contributed by atoms with van der Waals surface area (Å²) in [6.45, 7) is 14.3. The first kappa shape index (κ1) is 96.1. The Morgan fingerprint density at radius 2 is 0.490 bits per heavy atom. The lowest BCUT2D eigenvalue weighted by molar-refractivity contribution is -0.161. The topological polar surface area (TPSA) is 237 Å². The molecule has 0 amide bonds. The van der Waals surface area contributed by atoms with E-state index < -0.39 is 97.5 Å². The minimum atomic E-state index is -4.96. The normalized spacial score (nSPS) is 14.9. The summed E-state index contributed by atoms with van der Waals surface area (Å²) < 4.78 is 68.6. The Bertz CT molecular complexity index is 1930. The SMILES string of the molecule is CCC(C)CCCCCCCCCCCCCCCCCCCCC(=O)OC[C@H](COP(=O)(O)OCC(O)COP(=O)(O)OC[C@@H](COC(=O)CCCCCCCCCC(C)C)OC(=O)CCCCCCCCCCCCC(C)CC)OC(=O)CCCCCCCCCCC(C)CC. The Hall–Kier alpha value is -1.94. The van der Waals surface area contributed by atoms with Crippen molar-refractivity contribution < 1.29 is 80.2 Å².